The molecule has 0 radical (unpaired) electrons. The quantitative estimate of drug-likeness (QED) is 0.820. The van der Waals surface area contributed by atoms with E-state index >= 15 is 0 Å². The Morgan fingerprint density at radius 2 is 2.21 bits per heavy atom. The molecule has 1 unspecified atom stereocenters. The molecule has 0 spiro atoms. The molecule has 1 rings (SSSR count). The van der Waals surface area contributed by atoms with Crippen LogP contribution in [0.25, 0.3) is 0 Å². The highest BCUT2D eigenvalue weighted by Crippen LogP contribution is 2.26. The van der Waals surface area contributed by atoms with Crippen molar-refractivity contribution in [2.45, 2.75) is 46.0 Å². The molecule has 6 heteroatoms. The van der Waals surface area contributed by atoms with Crippen LogP contribution in [0.4, 0.5) is 5.13 Å². The van der Waals surface area contributed by atoms with Gasteiger partial charge in [0.15, 0.2) is 5.13 Å². The molecule has 0 fully saturated rings. The number of anilines is 1. The number of nitrogens with one attached hydrogen (secondary N) is 1. The molecule has 106 valence electrons. The van der Waals surface area contributed by atoms with Gasteiger partial charge in [0.05, 0.1) is 16.6 Å². The Kier molecular flexibility index (Phi) is 5.43. The number of nitrogens with two attached hydrogens (primary N) is 1. The van der Waals surface area contributed by atoms with Crippen LogP contribution < -0.4 is 11.1 Å². The third-order valence-electron chi connectivity index (χ3n) is 2.74. The van der Waals surface area contributed by atoms with E-state index in [1.807, 2.05) is 12.3 Å². The van der Waals surface area contributed by atoms with Crippen molar-refractivity contribution in [2.75, 3.05) is 5.32 Å². The molecule has 0 aromatic carbocycles. The molecule has 0 saturated carbocycles. The first kappa shape index (κ1) is 16.0. The monoisotopic (exact) mass is 299 g/mol. The van der Waals surface area contributed by atoms with E-state index in [1.54, 1.807) is 0 Å². The van der Waals surface area contributed by atoms with Gasteiger partial charge in [0.1, 0.15) is 0 Å². The van der Waals surface area contributed by atoms with Gasteiger partial charge in [-0.25, -0.2) is 4.98 Å². The molecule has 0 aliphatic rings. The minimum absolute atomic E-state index is 0.0224. The van der Waals surface area contributed by atoms with Crippen LogP contribution in [0.2, 0.25) is 0 Å². The Labute approximate surface area is 123 Å². The molecule has 19 heavy (non-hydrogen) atoms. The zero-order chi connectivity index (χ0) is 14.6. The van der Waals surface area contributed by atoms with Gasteiger partial charge in [-0.1, -0.05) is 46.3 Å². The van der Waals surface area contributed by atoms with E-state index < -0.39 is 5.92 Å². The number of carbonyl (C=O) groups excluding carboxylic acids is 1. The number of rotatable bonds is 5. The van der Waals surface area contributed by atoms with E-state index in [-0.39, 0.29) is 16.3 Å². The van der Waals surface area contributed by atoms with Gasteiger partial charge in [0, 0.05) is 10.8 Å². The molecule has 0 saturated heterocycles. The molecule has 1 amide bonds. The number of nitrogens with zero attached hydrogens (tertiary/aromatic N) is 1. The fourth-order valence-corrected chi connectivity index (χ4v) is 2.72. The summed E-state index contributed by atoms with van der Waals surface area (Å²) in [5, 5.41) is 5.37. The highest BCUT2D eigenvalue weighted by molar-refractivity contribution is 7.80. The van der Waals surface area contributed by atoms with Crippen LogP contribution in [0.1, 0.15) is 46.2 Å². The first-order valence-corrected chi connectivity index (χ1v) is 7.60. The Hall–Kier alpha value is -1.01. The second-order valence-corrected chi connectivity index (χ2v) is 6.85. The van der Waals surface area contributed by atoms with E-state index in [9.17, 15) is 4.79 Å². The summed E-state index contributed by atoms with van der Waals surface area (Å²) in [5.74, 6) is -0.578. The van der Waals surface area contributed by atoms with E-state index in [2.05, 4.69) is 31.1 Å². The maximum Gasteiger partial charge on any atom is 0.236 e. The van der Waals surface area contributed by atoms with Crippen molar-refractivity contribution in [1.82, 2.24) is 4.98 Å². The number of hydrogen-bond acceptors (Lipinski definition) is 4. The number of carbonyl (C=O) groups is 1. The summed E-state index contributed by atoms with van der Waals surface area (Å²) in [6, 6.07) is 0. The van der Waals surface area contributed by atoms with Crippen molar-refractivity contribution in [3.63, 3.8) is 0 Å². The van der Waals surface area contributed by atoms with Crippen molar-refractivity contribution >= 4 is 39.6 Å². The van der Waals surface area contributed by atoms with Crippen molar-refractivity contribution in [2.24, 2.45) is 11.7 Å². The first-order valence-electron chi connectivity index (χ1n) is 6.32. The molecule has 1 atom stereocenters. The van der Waals surface area contributed by atoms with Gasteiger partial charge in [-0.2, -0.15) is 0 Å². The van der Waals surface area contributed by atoms with Crippen LogP contribution in [0.15, 0.2) is 5.38 Å². The van der Waals surface area contributed by atoms with Crippen LogP contribution in [-0.4, -0.2) is 15.9 Å². The predicted molar refractivity (Wildman–Crippen MR) is 84.6 cm³/mol. The summed E-state index contributed by atoms with van der Waals surface area (Å²) in [5.41, 5.74) is 6.55. The summed E-state index contributed by atoms with van der Waals surface area (Å²) in [6.45, 7) is 8.26. The van der Waals surface area contributed by atoms with Crippen molar-refractivity contribution in [1.29, 1.82) is 0 Å². The predicted octanol–water partition coefficient (Wildman–Crippen LogP) is 3.08. The van der Waals surface area contributed by atoms with Gasteiger partial charge in [-0.05, 0) is 6.42 Å². The maximum absolute atomic E-state index is 12.1. The number of thiazole rings is 1. The molecule has 1 aromatic rings. The topological polar surface area (TPSA) is 68.0 Å². The van der Waals surface area contributed by atoms with Gasteiger partial charge in [0.2, 0.25) is 5.91 Å². The van der Waals surface area contributed by atoms with Crippen molar-refractivity contribution < 1.29 is 4.79 Å². The lowest BCUT2D eigenvalue weighted by Gasteiger charge is -2.15. The average Bonchev–Trinajstić information content (AvgIpc) is 2.73. The standard InChI is InChI=1S/C13H21N3OS2/c1-5-6-8(10(14)18)11(17)16-12-15-9(7-19-12)13(2,3)4/h7-8H,5-6H2,1-4H3,(H2,14,18)(H,15,16,17). The maximum atomic E-state index is 12.1. The van der Waals surface area contributed by atoms with Gasteiger partial charge >= 0.3 is 0 Å². The zero-order valence-corrected chi connectivity index (χ0v) is 13.5. The molecule has 0 aliphatic heterocycles. The lowest BCUT2D eigenvalue weighted by Crippen LogP contribution is -2.33. The molecule has 4 nitrogen and oxygen atoms in total. The van der Waals surface area contributed by atoms with Gasteiger partial charge in [0.25, 0.3) is 0 Å². The molecule has 1 aromatic heterocycles. The Morgan fingerprint density at radius 3 is 2.63 bits per heavy atom. The van der Waals surface area contributed by atoms with Crippen molar-refractivity contribution in [3.8, 4) is 0 Å². The number of hydrogen-bond donors (Lipinski definition) is 2. The summed E-state index contributed by atoms with van der Waals surface area (Å²) < 4.78 is 0. The number of aromatic nitrogens is 1. The molecule has 3 N–H and O–H groups in total. The van der Waals surface area contributed by atoms with Crippen LogP contribution in [0, 0.1) is 5.92 Å². The zero-order valence-electron chi connectivity index (χ0n) is 11.8. The minimum Gasteiger partial charge on any atom is -0.393 e. The van der Waals surface area contributed by atoms with Gasteiger partial charge in [-0.15, -0.1) is 11.3 Å². The van der Waals surface area contributed by atoms with Crippen LogP contribution in [0.3, 0.4) is 0 Å². The second-order valence-electron chi connectivity index (χ2n) is 5.52. The highest BCUT2D eigenvalue weighted by Gasteiger charge is 2.23. The van der Waals surface area contributed by atoms with E-state index in [4.69, 9.17) is 18.0 Å². The fourth-order valence-electron chi connectivity index (χ4n) is 1.56. The smallest absolute Gasteiger partial charge is 0.236 e. The van der Waals surface area contributed by atoms with Crippen LogP contribution in [-0.2, 0) is 10.2 Å². The normalized spacial score (nSPS) is 13.1. The largest absolute Gasteiger partial charge is 0.393 e. The molecule has 0 aliphatic carbocycles. The first-order chi connectivity index (χ1) is 8.75. The Morgan fingerprint density at radius 1 is 1.58 bits per heavy atom. The van der Waals surface area contributed by atoms with E-state index in [1.165, 1.54) is 11.3 Å². The summed E-state index contributed by atoms with van der Waals surface area (Å²) in [7, 11) is 0. The Balaban J connectivity index is 2.76. The van der Waals surface area contributed by atoms with E-state index in [0.29, 0.717) is 11.6 Å². The number of thiocarbonyl (C=S) groups is 1. The lowest BCUT2D eigenvalue weighted by molar-refractivity contribution is -0.118. The minimum atomic E-state index is -0.415. The van der Waals surface area contributed by atoms with Gasteiger partial charge < -0.3 is 11.1 Å². The molecular formula is C13H21N3OS2. The summed E-state index contributed by atoms with van der Waals surface area (Å²) in [6.07, 6.45) is 1.53. The lowest BCUT2D eigenvalue weighted by atomic mass is 9.93. The third-order valence-corrected chi connectivity index (χ3v) is 3.78. The summed E-state index contributed by atoms with van der Waals surface area (Å²) in [4.78, 5) is 16.8. The number of amides is 1. The Bertz CT molecular complexity index is 463. The second kappa shape index (κ2) is 6.43. The van der Waals surface area contributed by atoms with E-state index in [0.717, 1.165) is 12.1 Å². The van der Waals surface area contributed by atoms with Crippen LogP contribution in [0.5, 0.6) is 0 Å². The summed E-state index contributed by atoms with van der Waals surface area (Å²) >= 11 is 6.36. The van der Waals surface area contributed by atoms with Crippen molar-refractivity contribution in [3.05, 3.63) is 11.1 Å². The SMILES string of the molecule is CCCC(C(=O)Nc1nc(C(C)(C)C)cs1)C(N)=S. The van der Waals surface area contributed by atoms with Crippen LogP contribution >= 0.6 is 23.6 Å². The molecule has 1 heterocycles. The fraction of sp³-hybridized carbons (Fsp3) is 0.615. The highest BCUT2D eigenvalue weighted by atomic mass is 32.1. The average molecular weight is 299 g/mol. The molecule has 0 bridgehead atoms. The molecular weight excluding hydrogens is 278 g/mol. The van der Waals surface area contributed by atoms with Gasteiger partial charge in [-0.3, -0.25) is 4.79 Å². The third kappa shape index (κ3) is 4.54.